The molecular formula is C18H18O5. The maximum atomic E-state index is 11.0. The summed E-state index contributed by atoms with van der Waals surface area (Å²) in [5.74, 6) is -0.593. The van der Waals surface area contributed by atoms with Gasteiger partial charge >= 0.3 is 5.97 Å². The number of aromatic carboxylic acids is 1. The number of benzene rings is 2. The van der Waals surface area contributed by atoms with E-state index in [9.17, 15) is 15.0 Å². The fourth-order valence-corrected chi connectivity index (χ4v) is 2.53. The van der Waals surface area contributed by atoms with Gasteiger partial charge in [0.2, 0.25) is 0 Å². The van der Waals surface area contributed by atoms with E-state index in [4.69, 9.17) is 9.84 Å². The van der Waals surface area contributed by atoms with Crippen LogP contribution in [0.2, 0.25) is 0 Å². The Bertz CT molecular complexity index is 709. The van der Waals surface area contributed by atoms with Crippen LogP contribution >= 0.6 is 0 Å². The summed E-state index contributed by atoms with van der Waals surface area (Å²) in [5.41, 5.74) is 1.43. The lowest BCUT2D eigenvalue weighted by Crippen LogP contribution is -2.05. The fourth-order valence-electron chi connectivity index (χ4n) is 2.53. The van der Waals surface area contributed by atoms with Gasteiger partial charge in [-0.1, -0.05) is 12.1 Å². The number of carboxylic acid groups (broad SMARTS) is 1. The summed E-state index contributed by atoms with van der Waals surface area (Å²) in [6.07, 6.45) is 1.43. The molecule has 0 heterocycles. The molecule has 23 heavy (non-hydrogen) atoms. The molecule has 0 radical (unpaired) electrons. The van der Waals surface area contributed by atoms with Gasteiger partial charge < -0.3 is 20.1 Å². The SMILES string of the molecule is Cc1cc(C(=O)O)cc(O)c1C(O)c1ccc(OC2CC2)cc1. The zero-order valence-corrected chi connectivity index (χ0v) is 12.7. The molecule has 1 atom stereocenters. The van der Waals surface area contributed by atoms with E-state index in [2.05, 4.69) is 0 Å². The lowest BCUT2D eigenvalue weighted by molar-refractivity contribution is 0.0696. The van der Waals surface area contributed by atoms with Crippen LogP contribution in [0.3, 0.4) is 0 Å². The van der Waals surface area contributed by atoms with Crippen molar-refractivity contribution in [2.75, 3.05) is 0 Å². The number of aliphatic hydroxyl groups is 1. The average molecular weight is 314 g/mol. The van der Waals surface area contributed by atoms with Gasteiger partial charge in [0.1, 0.15) is 17.6 Å². The van der Waals surface area contributed by atoms with E-state index in [1.807, 2.05) is 0 Å². The van der Waals surface area contributed by atoms with Gasteiger partial charge in [0, 0.05) is 5.56 Å². The van der Waals surface area contributed by atoms with Crippen LogP contribution in [0.1, 0.15) is 46.0 Å². The summed E-state index contributed by atoms with van der Waals surface area (Å²) < 4.78 is 5.66. The molecule has 120 valence electrons. The summed E-state index contributed by atoms with van der Waals surface area (Å²) in [6.45, 7) is 1.66. The monoisotopic (exact) mass is 314 g/mol. The van der Waals surface area contributed by atoms with E-state index in [1.165, 1.54) is 6.07 Å². The lowest BCUT2D eigenvalue weighted by atomic mass is 9.94. The Balaban J connectivity index is 1.87. The minimum Gasteiger partial charge on any atom is -0.508 e. The number of aryl methyl sites for hydroxylation is 1. The maximum absolute atomic E-state index is 11.0. The largest absolute Gasteiger partial charge is 0.508 e. The number of ether oxygens (including phenoxy) is 1. The van der Waals surface area contributed by atoms with Crippen LogP contribution in [-0.2, 0) is 0 Å². The van der Waals surface area contributed by atoms with Gasteiger partial charge in [-0.3, -0.25) is 0 Å². The molecule has 0 saturated heterocycles. The van der Waals surface area contributed by atoms with Crippen LogP contribution in [0.15, 0.2) is 36.4 Å². The van der Waals surface area contributed by atoms with Gasteiger partial charge in [-0.05, 0) is 55.2 Å². The molecular weight excluding hydrogens is 296 g/mol. The van der Waals surface area contributed by atoms with Crippen molar-refractivity contribution < 1.29 is 24.9 Å². The van der Waals surface area contributed by atoms with Crippen molar-refractivity contribution in [3.05, 3.63) is 58.7 Å². The number of rotatable bonds is 5. The first kappa shape index (κ1) is 15.4. The zero-order valence-electron chi connectivity index (χ0n) is 12.7. The van der Waals surface area contributed by atoms with Crippen LogP contribution in [0, 0.1) is 6.92 Å². The van der Waals surface area contributed by atoms with E-state index in [0.717, 1.165) is 24.7 Å². The Morgan fingerprint density at radius 3 is 2.39 bits per heavy atom. The molecule has 2 aromatic rings. The maximum Gasteiger partial charge on any atom is 0.335 e. The third-order valence-corrected chi connectivity index (χ3v) is 3.91. The van der Waals surface area contributed by atoms with Gasteiger partial charge in [0.15, 0.2) is 0 Å². The Morgan fingerprint density at radius 2 is 1.87 bits per heavy atom. The second kappa shape index (κ2) is 5.93. The van der Waals surface area contributed by atoms with Crippen LogP contribution in [0.5, 0.6) is 11.5 Å². The predicted molar refractivity (Wildman–Crippen MR) is 84.0 cm³/mol. The quantitative estimate of drug-likeness (QED) is 0.789. The number of phenolic OH excluding ortho intramolecular Hbond substituents is 1. The normalized spacial score (nSPS) is 15.2. The third-order valence-electron chi connectivity index (χ3n) is 3.91. The van der Waals surface area contributed by atoms with E-state index >= 15 is 0 Å². The predicted octanol–water partition coefficient (Wildman–Crippen LogP) is 3.02. The average Bonchev–Trinajstić information content (AvgIpc) is 3.31. The van der Waals surface area contributed by atoms with Crippen molar-refractivity contribution in [3.63, 3.8) is 0 Å². The smallest absolute Gasteiger partial charge is 0.335 e. The number of hydrogen-bond acceptors (Lipinski definition) is 4. The number of carboxylic acids is 1. The Labute approximate surface area is 133 Å². The highest BCUT2D eigenvalue weighted by Gasteiger charge is 2.24. The highest BCUT2D eigenvalue weighted by molar-refractivity contribution is 5.88. The minimum atomic E-state index is -1.12. The Morgan fingerprint density at radius 1 is 1.22 bits per heavy atom. The molecule has 1 fully saturated rings. The first-order valence-corrected chi connectivity index (χ1v) is 7.47. The number of aliphatic hydroxyl groups excluding tert-OH is 1. The molecule has 0 aliphatic heterocycles. The summed E-state index contributed by atoms with van der Waals surface area (Å²) in [5, 5.41) is 29.6. The van der Waals surface area contributed by atoms with Gasteiger partial charge in [-0.25, -0.2) is 4.79 Å². The second-order valence-corrected chi connectivity index (χ2v) is 5.82. The molecule has 5 nitrogen and oxygen atoms in total. The molecule has 3 rings (SSSR count). The number of aromatic hydroxyl groups is 1. The molecule has 5 heteroatoms. The number of phenols is 1. The topological polar surface area (TPSA) is 87.0 Å². The molecule has 3 N–H and O–H groups in total. The van der Waals surface area contributed by atoms with E-state index < -0.39 is 12.1 Å². The molecule has 0 spiro atoms. The number of hydrogen-bond donors (Lipinski definition) is 3. The molecule has 1 aliphatic carbocycles. The standard InChI is InChI=1S/C18H18O5/c1-10-8-12(18(21)22)9-15(19)16(10)17(20)11-2-4-13(5-3-11)23-14-6-7-14/h2-5,8-9,14,17,19-20H,6-7H2,1H3,(H,21,22). The van der Waals surface area contributed by atoms with Gasteiger partial charge in [-0.15, -0.1) is 0 Å². The van der Waals surface area contributed by atoms with Crippen molar-refractivity contribution in [2.24, 2.45) is 0 Å². The molecule has 2 aromatic carbocycles. The van der Waals surface area contributed by atoms with Crippen molar-refractivity contribution >= 4 is 5.97 Å². The van der Waals surface area contributed by atoms with Crippen molar-refractivity contribution in [1.82, 2.24) is 0 Å². The molecule has 0 aromatic heterocycles. The van der Waals surface area contributed by atoms with Crippen molar-refractivity contribution in [3.8, 4) is 11.5 Å². The van der Waals surface area contributed by atoms with E-state index in [0.29, 0.717) is 22.8 Å². The Hall–Kier alpha value is -2.53. The molecule has 1 saturated carbocycles. The first-order chi connectivity index (χ1) is 11.0. The highest BCUT2D eigenvalue weighted by Crippen LogP contribution is 2.34. The first-order valence-electron chi connectivity index (χ1n) is 7.47. The van der Waals surface area contributed by atoms with Gasteiger partial charge in [0.05, 0.1) is 11.7 Å². The summed E-state index contributed by atoms with van der Waals surface area (Å²) in [7, 11) is 0. The van der Waals surface area contributed by atoms with Crippen LogP contribution in [0.25, 0.3) is 0 Å². The summed E-state index contributed by atoms with van der Waals surface area (Å²) in [4.78, 5) is 11.0. The van der Waals surface area contributed by atoms with Crippen molar-refractivity contribution in [1.29, 1.82) is 0 Å². The summed E-state index contributed by atoms with van der Waals surface area (Å²) >= 11 is 0. The van der Waals surface area contributed by atoms with E-state index in [-0.39, 0.29) is 11.3 Å². The second-order valence-electron chi connectivity index (χ2n) is 5.82. The van der Waals surface area contributed by atoms with Gasteiger partial charge in [0.25, 0.3) is 0 Å². The zero-order chi connectivity index (χ0) is 16.6. The van der Waals surface area contributed by atoms with Gasteiger partial charge in [-0.2, -0.15) is 0 Å². The number of carbonyl (C=O) groups is 1. The lowest BCUT2D eigenvalue weighted by Gasteiger charge is -2.17. The minimum absolute atomic E-state index is 0.0101. The summed E-state index contributed by atoms with van der Waals surface area (Å²) in [6, 6.07) is 9.64. The van der Waals surface area contributed by atoms with E-state index in [1.54, 1.807) is 31.2 Å². The highest BCUT2D eigenvalue weighted by atomic mass is 16.5. The van der Waals surface area contributed by atoms with Crippen LogP contribution < -0.4 is 4.74 Å². The third kappa shape index (κ3) is 3.29. The fraction of sp³-hybridized carbons (Fsp3) is 0.278. The molecule has 0 amide bonds. The van der Waals surface area contributed by atoms with Crippen LogP contribution in [0.4, 0.5) is 0 Å². The molecule has 0 bridgehead atoms. The van der Waals surface area contributed by atoms with Crippen molar-refractivity contribution in [2.45, 2.75) is 32.0 Å². The molecule has 1 aliphatic rings. The van der Waals surface area contributed by atoms with Crippen LogP contribution in [-0.4, -0.2) is 27.4 Å². The Kier molecular flexibility index (Phi) is 3.96. The molecule has 1 unspecified atom stereocenters.